The maximum absolute atomic E-state index is 13.7. The highest BCUT2D eigenvalue weighted by Gasteiger charge is 2.20. The third-order valence-electron chi connectivity index (χ3n) is 6.79. The van der Waals surface area contributed by atoms with Crippen LogP contribution < -0.4 is 0 Å². The monoisotopic (exact) mass is 463 g/mol. The Balaban J connectivity index is 1.54. The molecule has 2 aromatic carbocycles. The van der Waals surface area contributed by atoms with Gasteiger partial charge >= 0.3 is 0 Å². The number of hydrogen-bond donors (Lipinski definition) is 0. The van der Waals surface area contributed by atoms with Crippen LogP contribution in [-0.4, -0.2) is 14.5 Å². The number of imidazole rings is 1. The molecule has 4 aromatic rings. The third kappa shape index (κ3) is 5.69. The van der Waals surface area contributed by atoms with Gasteiger partial charge in [-0.2, -0.15) is 0 Å². The van der Waals surface area contributed by atoms with Crippen LogP contribution in [0.4, 0.5) is 4.39 Å². The van der Waals surface area contributed by atoms with Gasteiger partial charge in [-0.1, -0.05) is 49.1 Å². The van der Waals surface area contributed by atoms with Crippen molar-refractivity contribution in [2.45, 2.75) is 51.5 Å². The molecule has 1 aliphatic carbocycles. The minimum absolute atomic E-state index is 0.252. The summed E-state index contributed by atoms with van der Waals surface area (Å²) in [5.41, 5.74) is 5.10. The fourth-order valence-corrected chi connectivity index (χ4v) is 4.95. The van der Waals surface area contributed by atoms with Gasteiger partial charge in [-0.25, -0.2) is 9.37 Å². The molecule has 3 nitrogen and oxygen atoms in total. The molecule has 4 heteroatoms. The smallest absolute Gasteiger partial charge is 0.186 e. The van der Waals surface area contributed by atoms with Gasteiger partial charge in [0, 0.05) is 36.5 Å². The highest BCUT2D eigenvalue weighted by molar-refractivity contribution is 5.79. The lowest BCUT2D eigenvalue weighted by Crippen LogP contribution is -2.05. The Kier molecular flexibility index (Phi) is 7.34. The molecular weight excluding hydrogens is 433 g/mol. The summed E-state index contributed by atoms with van der Waals surface area (Å²) < 4.78 is 15.9. The van der Waals surface area contributed by atoms with E-state index in [1.54, 1.807) is 24.5 Å². The average Bonchev–Trinajstić information content (AvgIpc) is 3.54. The highest BCUT2D eigenvalue weighted by atomic mass is 19.1. The van der Waals surface area contributed by atoms with Gasteiger partial charge < -0.3 is 4.57 Å². The van der Waals surface area contributed by atoms with E-state index in [9.17, 15) is 4.39 Å². The zero-order valence-electron chi connectivity index (χ0n) is 20.0. The van der Waals surface area contributed by atoms with Crippen LogP contribution in [0.5, 0.6) is 0 Å². The summed E-state index contributed by atoms with van der Waals surface area (Å²) in [7, 11) is 0. The molecule has 0 unspecified atom stereocenters. The number of pyridine rings is 1. The molecule has 0 radical (unpaired) electrons. The molecule has 0 N–H and O–H groups in total. The summed E-state index contributed by atoms with van der Waals surface area (Å²) in [6.07, 6.45) is 11.7. The summed E-state index contributed by atoms with van der Waals surface area (Å²) >= 11 is 0. The fourth-order valence-electron chi connectivity index (χ4n) is 4.95. The van der Waals surface area contributed by atoms with Crippen molar-refractivity contribution in [1.29, 1.82) is 0 Å². The Labute approximate surface area is 207 Å². The number of rotatable bonds is 7. The van der Waals surface area contributed by atoms with Crippen molar-refractivity contribution in [3.63, 3.8) is 0 Å². The molecule has 1 aliphatic rings. The lowest BCUT2D eigenvalue weighted by molar-refractivity contribution is 0.566. The number of hydrogen-bond acceptors (Lipinski definition) is 2. The molecule has 5 rings (SSSR count). The minimum atomic E-state index is -0.252. The molecular formula is C31H30FN3. The lowest BCUT2D eigenvalue weighted by Gasteiger charge is -2.12. The van der Waals surface area contributed by atoms with Crippen molar-refractivity contribution in [2.24, 2.45) is 5.92 Å². The molecule has 0 aliphatic heterocycles. The molecule has 176 valence electrons. The molecule has 0 atom stereocenters. The van der Waals surface area contributed by atoms with Gasteiger partial charge in [0.05, 0.1) is 11.4 Å². The van der Waals surface area contributed by atoms with Crippen LogP contribution in [0.3, 0.4) is 0 Å². The Bertz CT molecular complexity index is 1290. The summed E-state index contributed by atoms with van der Waals surface area (Å²) in [6, 6.07) is 21.2. The van der Waals surface area contributed by atoms with Crippen LogP contribution in [-0.2, 0) is 13.0 Å². The van der Waals surface area contributed by atoms with Gasteiger partial charge in [0.2, 0.25) is 0 Å². The fraction of sp³-hybridized carbons (Fsp3) is 0.290. The van der Waals surface area contributed by atoms with Crippen LogP contribution >= 0.6 is 0 Å². The van der Waals surface area contributed by atoms with Gasteiger partial charge in [0.1, 0.15) is 5.82 Å². The van der Waals surface area contributed by atoms with Crippen molar-refractivity contribution in [3.8, 4) is 34.4 Å². The first-order chi connectivity index (χ1) is 17.3. The molecule has 1 fully saturated rings. The second-order valence-electron chi connectivity index (χ2n) is 9.27. The Morgan fingerprint density at radius 2 is 1.63 bits per heavy atom. The first-order valence-electron chi connectivity index (χ1n) is 12.6. The topological polar surface area (TPSA) is 30.7 Å². The van der Waals surface area contributed by atoms with Gasteiger partial charge in [-0.3, -0.25) is 4.98 Å². The number of aryl methyl sites for hydroxylation is 1. The molecule has 0 amide bonds. The zero-order chi connectivity index (χ0) is 23.9. The van der Waals surface area contributed by atoms with E-state index in [4.69, 9.17) is 4.98 Å². The van der Waals surface area contributed by atoms with Crippen LogP contribution in [0.1, 0.15) is 49.9 Å². The van der Waals surface area contributed by atoms with E-state index in [0.717, 1.165) is 54.1 Å². The highest BCUT2D eigenvalue weighted by Crippen LogP contribution is 2.33. The number of benzene rings is 2. The predicted molar refractivity (Wildman–Crippen MR) is 139 cm³/mol. The normalized spacial score (nSPS) is 13.5. The number of halogens is 1. The van der Waals surface area contributed by atoms with Gasteiger partial charge in [-0.15, -0.1) is 0 Å². The predicted octanol–water partition coefficient (Wildman–Crippen LogP) is 7.32. The average molecular weight is 464 g/mol. The van der Waals surface area contributed by atoms with Crippen LogP contribution in [0.2, 0.25) is 0 Å². The minimum Gasteiger partial charge on any atom is -0.317 e. The van der Waals surface area contributed by atoms with Gasteiger partial charge in [0.15, 0.2) is 5.82 Å². The number of aromatic nitrogens is 3. The first-order valence-corrected chi connectivity index (χ1v) is 12.6. The van der Waals surface area contributed by atoms with Crippen molar-refractivity contribution >= 4 is 0 Å². The zero-order valence-corrected chi connectivity index (χ0v) is 20.0. The summed E-state index contributed by atoms with van der Waals surface area (Å²) in [5, 5.41) is 0. The van der Waals surface area contributed by atoms with E-state index in [-0.39, 0.29) is 5.82 Å². The summed E-state index contributed by atoms with van der Waals surface area (Å²) in [4.78, 5) is 9.23. The second-order valence-corrected chi connectivity index (χ2v) is 9.27. The van der Waals surface area contributed by atoms with Crippen LogP contribution in [0.15, 0.2) is 79.1 Å². The Morgan fingerprint density at radius 1 is 0.886 bits per heavy atom. The van der Waals surface area contributed by atoms with Crippen molar-refractivity contribution in [2.75, 3.05) is 0 Å². The lowest BCUT2D eigenvalue weighted by atomic mass is 10.0. The molecule has 1 saturated carbocycles. The molecule has 2 aromatic heterocycles. The quantitative estimate of drug-likeness (QED) is 0.269. The Hall–Kier alpha value is -3.71. The SMILES string of the molecule is Fc1ccc(-c2nc(C#CCC3CCCC3)n(CCCc3ccccc3)c2-c2ccncc2)cc1. The first kappa shape index (κ1) is 23.1. The molecule has 0 saturated heterocycles. The molecule has 0 spiro atoms. The van der Waals surface area contributed by atoms with E-state index in [1.165, 1.54) is 43.4 Å². The van der Waals surface area contributed by atoms with E-state index >= 15 is 0 Å². The van der Waals surface area contributed by atoms with Crippen molar-refractivity contribution < 1.29 is 4.39 Å². The number of nitrogens with zero attached hydrogens (tertiary/aromatic N) is 3. The second kappa shape index (κ2) is 11.1. The van der Waals surface area contributed by atoms with E-state index in [2.05, 4.69) is 45.7 Å². The standard InChI is InChI=1S/C31H30FN3/c32-28-17-15-26(16-18-28)30-31(27-19-21-33-22-20-27)35(23-7-13-25-8-2-1-3-9-25)29(34-30)14-6-12-24-10-4-5-11-24/h1-3,8-9,15-22,24H,4-5,7,10-13,23H2. The van der Waals surface area contributed by atoms with Crippen LogP contribution in [0, 0.1) is 23.6 Å². The summed E-state index contributed by atoms with van der Waals surface area (Å²) in [6.45, 7) is 0.800. The maximum atomic E-state index is 13.7. The summed E-state index contributed by atoms with van der Waals surface area (Å²) in [5.74, 6) is 8.09. The molecule has 35 heavy (non-hydrogen) atoms. The van der Waals surface area contributed by atoms with E-state index < -0.39 is 0 Å². The van der Waals surface area contributed by atoms with Crippen molar-refractivity contribution in [3.05, 3.63) is 96.3 Å². The Morgan fingerprint density at radius 3 is 2.37 bits per heavy atom. The van der Waals surface area contributed by atoms with Crippen LogP contribution in [0.25, 0.3) is 22.5 Å². The third-order valence-corrected chi connectivity index (χ3v) is 6.79. The van der Waals surface area contributed by atoms with E-state index in [1.807, 2.05) is 18.2 Å². The van der Waals surface area contributed by atoms with Crippen molar-refractivity contribution in [1.82, 2.24) is 14.5 Å². The van der Waals surface area contributed by atoms with Gasteiger partial charge in [-0.05, 0) is 79.5 Å². The van der Waals surface area contributed by atoms with E-state index in [0.29, 0.717) is 5.92 Å². The molecule has 0 bridgehead atoms. The molecule has 2 heterocycles. The maximum Gasteiger partial charge on any atom is 0.186 e. The van der Waals surface area contributed by atoms with Gasteiger partial charge in [0.25, 0.3) is 0 Å². The largest absolute Gasteiger partial charge is 0.317 e.